The Balaban J connectivity index is 3.01. The first-order valence-corrected chi connectivity index (χ1v) is 5.86. The minimum absolute atomic E-state index is 0.119. The summed E-state index contributed by atoms with van der Waals surface area (Å²) in [5.41, 5.74) is -0.628. The Morgan fingerprint density at radius 1 is 1.37 bits per heavy atom. The van der Waals surface area contributed by atoms with Crippen LogP contribution in [-0.2, 0) is 4.79 Å². The molecule has 0 radical (unpaired) electrons. The van der Waals surface area contributed by atoms with Crippen molar-refractivity contribution in [1.82, 2.24) is 5.32 Å². The molecular weight excluding hydrogens is 256 g/mol. The van der Waals surface area contributed by atoms with Crippen LogP contribution in [0, 0.1) is 18.6 Å². The van der Waals surface area contributed by atoms with Crippen LogP contribution in [0.2, 0.25) is 0 Å². The molecule has 19 heavy (non-hydrogen) atoms. The smallest absolute Gasteiger partial charge is 0.326 e. The lowest BCUT2D eigenvalue weighted by molar-refractivity contribution is -0.139. The molecule has 1 aromatic rings. The van der Waals surface area contributed by atoms with Crippen molar-refractivity contribution in [2.45, 2.75) is 32.7 Å². The fourth-order valence-corrected chi connectivity index (χ4v) is 1.64. The number of nitrogens with one attached hydrogen (secondary N) is 1. The highest BCUT2D eigenvalue weighted by Gasteiger charge is 2.24. The average Bonchev–Trinajstić information content (AvgIpc) is 2.33. The second-order valence-corrected chi connectivity index (χ2v) is 4.21. The van der Waals surface area contributed by atoms with E-state index in [1.165, 1.54) is 13.0 Å². The zero-order valence-corrected chi connectivity index (χ0v) is 10.7. The van der Waals surface area contributed by atoms with Crippen molar-refractivity contribution in [3.05, 3.63) is 34.9 Å². The molecule has 1 rings (SSSR count). The summed E-state index contributed by atoms with van der Waals surface area (Å²) in [4.78, 5) is 22.7. The predicted octanol–water partition coefficient (Wildman–Crippen LogP) is 2.26. The summed E-state index contributed by atoms with van der Waals surface area (Å²) in [5.74, 6) is -4.28. The minimum atomic E-state index is -1.23. The third kappa shape index (κ3) is 3.49. The fourth-order valence-electron chi connectivity index (χ4n) is 1.64. The molecular formula is C13H15F2NO3. The lowest BCUT2D eigenvalue weighted by Gasteiger charge is -2.14. The van der Waals surface area contributed by atoms with E-state index in [4.69, 9.17) is 5.11 Å². The third-order valence-electron chi connectivity index (χ3n) is 2.69. The van der Waals surface area contributed by atoms with Crippen LogP contribution in [-0.4, -0.2) is 23.0 Å². The lowest BCUT2D eigenvalue weighted by atomic mass is 10.1. The quantitative estimate of drug-likeness (QED) is 0.863. The number of halogens is 2. The highest BCUT2D eigenvalue weighted by Crippen LogP contribution is 2.16. The van der Waals surface area contributed by atoms with Gasteiger partial charge in [0.2, 0.25) is 0 Å². The highest BCUT2D eigenvalue weighted by molar-refractivity contribution is 5.97. The van der Waals surface area contributed by atoms with Gasteiger partial charge < -0.3 is 10.4 Å². The Morgan fingerprint density at radius 2 is 2.00 bits per heavy atom. The number of benzene rings is 1. The Morgan fingerprint density at radius 3 is 2.53 bits per heavy atom. The molecule has 104 valence electrons. The van der Waals surface area contributed by atoms with Gasteiger partial charge in [-0.3, -0.25) is 4.79 Å². The maximum atomic E-state index is 13.7. The molecule has 0 fully saturated rings. The van der Waals surface area contributed by atoms with Crippen LogP contribution in [0.15, 0.2) is 12.1 Å². The first-order valence-electron chi connectivity index (χ1n) is 5.86. The van der Waals surface area contributed by atoms with Gasteiger partial charge in [0, 0.05) is 0 Å². The van der Waals surface area contributed by atoms with Gasteiger partial charge in [0.25, 0.3) is 5.91 Å². The largest absolute Gasteiger partial charge is 0.480 e. The van der Waals surface area contributed by atoms with Crippen molar-refractivity contribution < 1.29 is 23.5 Å². The van der Waals surface area contributed by atoms with Crippen LogP contribution in [0.4, 0.5) is 8.78 Å². The number of aliphatic carboxylic acids is 1. The summed E-state index contributed by atoms with van der Waals surface area (Å²) in [6.45, 7) is 3.14. The number of hydrogen-bond acceptors (Lipinski definition) is 2. The molecule has 1 atom stereocenters. The highest BCUT2D eigenvalue weighted by atomic mass is 19.1. The number of carboxylic acid groups (broad SMARTS) is 1. The molecule has 6 heteroatoms. The molecule has 0 heterocycles. The lowest BCUT2D eigenvalue weighted by Crippen LogP contribution is -2.41. The van der Waals surface area contributed by atoms with Crippen molar-refractivity contribution in [1.29, 1.82) is 0 Å². The number of hydrogen-bond donors (Lipinski definition) is 2. The van der Waals surface area contributed by atoms with E-state index in [0.29, 0.717) is 6.42 Å². The summed E-state index contributed by atoms with van der Waals surface area (Å²) >= 11 is 0. The molecule has 0 aliphatic carbocycles. The average molecular weight is 271 g/mol. The minimum Gasteiger partial charge on any atom is -0.480 e. The van der Waals surface area contributed by atoms with Gasteiger partial charge in [0.05, 0.1) is 0 Å². The van der Waals surface area contributed by atoms with Gasteiger partial charge in [0.15, 0.2) is 0 Å². The Kier molecular flexibility index (Phi) is 4.97. The van der Waals surface area contributed by atoms with Crippen LogP contribution >= 0.6 is 0 Å². The number of carbonyl (C=O) groups excluding carboxylic acids is 1. The van der Waals surface area contributed by atoms with Gasteiger partial charge in [-0.05, 0) is 25.0 Å². The number of carbonyl (C=O) groups is 2. The molecule has 2 N–H and O–H groups in total. The predicted molar refractivity (Wildman–Crippen MR) is 64.9 cm³/mol. The molecule has 0 spiro atoms. The second kappa shape index (κ2) is 6.26. The van der Waals surface area contributed by atoms with Crippen LogP contribution in [0.5, 0.6) is 0 Å². The molecule has 0 saturated carbocycles. The van der Waals surface area contributed by atoms with Gasteiger partial charge >= 0.3 is 5.97 Å². The van der Waals surface area contributed by atoms with Gasteiger partial charge in [0.1, 0.15) is 23.2 Å². The van der Waals surface area contributed by atoms with E-state index < -0.39 is 35.1 Å². The summed E-state index contributed by atoms with van der Waals surface area (Å²) in [5, 5.41) is 11.0. The number of carboxylic acids is 1. The monoisotopic (exact) mass is 271 g/mol. The molecule has 0 bridgehead atoms. The SMILES string of the molecule is CCC[C@@H](NC(=O)c1c(F)ccc(C)c1F)C(=O)O. The first kappa shape index (κ1) is 15.1. The van der Waals surface area contributed by atoms with E-state index in [2.05, 4.69) is 5.32 Å². The molecule has 1 amide bonds. The van der Waals surface area contributed by atoms with Gasteiger partial charge in [-0.15, -0.1) is 0 Å². The topological polar surface area (TPSA) is 66.4 Å². The maximum Gasteiger partial charge on any atom is 0.326 e. The molecule has 4 nitrogen and oxygen atoms in total. The second-order valence-electron chi connectivity index (χ2n) is 4.21. The molecule has 0 aliphatic heterocycles. The van der Waals surface area contributed by atoms with Gasteiger partial charge in [-0.2, -0.15) is 0 Å². The molecule has 0 aliphatic rings. The summed E-state index contributed by atoms with van der Waals surface area (Å²) in [6, 6.07) is 1.03. The van der Waals surface area contributed by atoms with Crippen LogP contribution in [0.1, 0.15) is 35.7 Å². The van der Waals surface area contributed by atoms with Crippen LogP contribution in [0.3, 0.4) is 0 Å². The summed E-state index contributed by atoms with van der Waals surface area (Å²) in [7, 11) is 0. The summed E-state index contributed by atoms with van der Waals surface area (Å²) < 4.78 is 27.2. The van der Waals surface area contributed by atoms with Crippen molar-refractivity contribution in [3.8, 4) is 0 Å². The third-order valence-corrected chi connectivity index (χ3v) is 2.69. The van der Waals surface area contributed by atoms with E-state index in [0.717, 1.165) is 6.07 Å². The fraction of sp³-hybridized carbons (Fsp3) is 0.385. The number of aryl methyl sites for hydroxylation is 1. The number of amides is 1. The zero-order valence-electron chi connectivity index (χ0n) is 10.7. The van der Waals surface area contributed by atoms with Crippen molar-refractivity contribution >= 4 is 11.9 Å². The first-order chi connectivity index (χ1) is 8.88. The van der Waals surface area contributed by atoms with E-state index in [1.807, 2.05) is 0 Å². The Bertz CT molecular complexity index is 503. The maximum absolute atomic E-state index is 13.7. The van der Waals surface area contributed by atoms with Crippen LogP contribution < -0.4 is 5.32 Å². The van der Waals surface area contributed by atoms with Crippen molar-refractivity contribution in [2.24, 2.45) is 0 Å². The molecule has 1 aromatic carbocycles. The van der Waals surface area contributed by atoms with Gasteiger partial charge in [-0.1, -0.05) is 19.4 Å². The van der Waals surface area contributed by atoms with Crippen molar-refractivity contribution in [2.75, 3.05) is 0 Å². The normalized spacial score (nSPS) is 12.0. The van der Waals surface area contributed by atoms with E-state index >= 15 is 0 Å². The van der Waals surface area contributed by atoms with Crippen molar-refractivity contribution in [3.63, 3.8) is 0 Å². The van der Waals surface area contributed by atoms with Gasteiger partial charge in [-0.25, -0.2) is 13.6 Å². The van der Waals surface area contributed by atoms with E-state index in [9.17, 15) is 18.4 Å². The molecule has 0 aromatic heterocycles. The summed E-state index contributed by atoms with van der Waals surface area (Å²) in [6.07, 6.45) is 0.714. The van der Waals surface area contributed by atoms with Crippen LogP contribution in [0.25, 0.3) is 0 Å². The molecule has 0 saturated heterocycles. The van der Waals surface area contributed by atoms with E-state index in [1.54, 1.807) is 6.92 Å². The Labute approximate surface area is 109 Å². The number of rotatable bonds is 5. The van der Waals surface area contributed by atoms with E-state index in [-0.39, 0.29) is 12.0 Å². The Hall–Kier alpha value is -1.98. The standard InChI is InChI=1S/C13H15F2NO3/c1-3-4-9(13(18)19)16-12(17)10-8(14)6-5-7(2)11(10)15/h5-6,9H,3-4H2,1-2H3,(H,16,17)(H,18,19)/t9-/m1/s1. The zero-order chi connectivity index (χ0) is 14.6. The molecule has 0 unspecified atom stereocenters.